The van der Waals surface area contributed by atoms with E-state index < -0.39 is 17.6 Å². The van der Waals surface area contributed by atoms with Crippen LogP contribution in [0.3, 0.4) is 0 Å². The van der Waals surface area contributed by atoms with Crippen molar-refractivity contribution >= 4 is 22.7 Å². The fourth-order valence-corrected chi connectivity index (χ4v) is 2.65. The van der Waals surface area contributed by atoms with Gasteiger partial charge in [0.2, 0.25) is 5.91 Å². The van der Waals surface area contributed by atoms with Crippen molar-refractivity contribution in [3.05, 3.63) is 70.7 Å². The molecule has 0 spiro atoms. The van der Waals surface area contributed by atoms with Crippen LogP contribution in [0.25, 0.3) is 10.9 Å². The second kappa shape index (κ2) is 6.20. The van der Waals surface area contributed by atoms with E-state index in [-0.39, 0.29) is 22.5 Å². The van der Waals surface area contributed by atoms with E-state index in [1.807, 2.05) is 0 Å². The molecule has 0 radical (unpaired) electrons. The van der Waals surface area contributed by atoms with Gasteiger partial charge in [-0.15, -0.1) is 0 Å². The highest BCUT2D eigenvalue weighted by Crippen LogP contribution is 2.31. The third-order valence-electron chi connectivity index (χ3n) is 3.86. The van der Waals surface area contributed by atoms with Crippen molar-refractivity contribution < 1.29 is 19.1 Å². The number of benzene rings is 2. The molecule has 0 bridgehead atoms. The van der Waals surface area contributed by atoms with Gasteiger partial charge in [-0.1, -0.05) is 12.1 Å². The van der Waals surface area contributed by atoms with Crippen molar-refractivity contribution in [2.45, 2.75) is 6.42 Å². The molecule has 1 aromatic heterocycles. The van der Waals surface area contributed by atoms with Gasteiger partial charge in [-0.05, 0) is 41.8 Å². The van der Waals surface area contributed by atoms with Gasteiger partial charge in [0.25, 0.3) is 5.91 Å². The van der Waals surface area contributed by atoms with Gasteiger partial charge in [0.05, 0.1) is 5.56 Å². The van der Waals surface area contributed by atoms with Crippen molar-refractivity contribution in [3.8, 4) is 5.75 Å². The number of aromatic nitrogens is 1. The molecule has 0 saturated carbocycles. The first kappa shape index (κ1) is 16.4. The number of carbonyl (C=O) groups excluding carboxylic acids is 2. The van der Waals surface area contributed by atoms with Crippen LogP contribution in [0.15, 0.2) is 42.6 Å². The fourth-order valence-electron chi connectivity index (χ4n) is 2.65. The lowest BCUT2D eigenvalue weighted by Gasteiger charge is -2.10. The number of rotatable bonds is 4. The van der Waals surface area contributed by atoms with E-state index in [1.165, 1.54) is 18.3 Å². The largest absolute Gasteiger partial charge is 0.505 e. The predicted octanol–water partition coefficient (Wildman–Crippen LogP) is 1.87. The number of phenols is 1. The lowest BCUT2D eigenvalue weighted by Crippen LogP contribution is -2.16. The Hall–Kier alpha value is -3.48. The lowest BCUT2D eigenvalue weighted by atomic mass is 9.99. The number of nitrogens with zero attached hydrogens (tertiary/aromatic N) is 1. The maximum atomic E-state index is 13.0. The van der Waals surface area contributed by atoms with E-state index in [2.05, 4.69) is 4.98 Å². The number of fused-ring (bicyclic) bond motifs is 1. The van der Waals surface area contributed by atoms with Gasteiger partial charge in [0, 0.05) is 17.1 Å². The quantitative estimate of drug-likeness (QED) is 0.672. The van der Waals surface area contributed by atoms with Crippen LogP contribution in [0, 0.1) is 5.82 Å². The Morgan fingerprint density at radius 2 is 1.64 bits per heavy atom. The van der Waals surface area contributed by atoms with Gasteiger partial charge < -0.3 is 16.6 Å². The van der Waals surface area contributed by atoms with Gasteiger partial charge in [-0.25, -0.2) is 4.39 Å². The van der Waals surface area contributed by atoms with Crippen LogP contribution in [0.2, 0.25) is 0 Å². The molecule has 5 N–H and O–H groups in total. The molecule has 3 rings (SSSR count). The summed E-state index contributed by atoms with van der Waals surface area (Å²) in [4.78, 5) is 27.3. The summed E-state index contributed by atoms with van der Waals surface area (Å²) in [6.07, 6.45) is 1.95. The molecule has 25 heavy (non-hydrogen) atoms. The van der Waals surface area contributed by atoms with Crippen molar-refractivity contribution in [1.29, 1.82) is 0 Å². The van der Waals surface area contributed by atoms with Crippen LogP contribution < -0.4 is 11.5 Å². The van der Waals surface area contributed by atoms with Crippen molar-refractivity contribution in [2.24, 2.45) is 11.5 Å². The fraction of sp³-hybridized carbons (Fsp3) is 0.0556. The van der Waals surface area contributed by atoms with Crippen LogP contribution in [0.5, 0.6) is 5.75 Å². The number of hydrogen-bond acceptors (Lipinski definition) is 4. The van der Waals surface area contributed by atoms with Gasteiger partial charge in [0.1, 0.15) is 11.3 Å². The van der Waals surface area contributed by atoms with Crippen LogP contribution >= 0.6 is 0 Å². The van der Waals surface area contributed by atoms with Crippen LogP contribution in [0.1, 0.15) is 31.8 Å². The summed E-state index contributed by atoms with van der Waals surface area (Å²) in [7, 11) is 0. The molecule has 0 unspecified atom stereocenters. The van der Waals surface area contributed by atoms with Crippen molar-refractivity contribution in [1.82, 2.24) is 4.98 Å². The van der Waals surface area contributed by atoms with Gasteiger partial charge in [-0.3, -0.25) is 14.6 Å². The number of primary amides is 2. The zero-order valence-corrected chi connectivity index (χ0v) is 13.0. The minimum atomic E-state index is -0.890. The number of halogens is 1. The predicted molar refractivity (Wildman–Crippen MR) is 89.6 cm³/mol. The van der Waals surface area contributed by atoms with Crippen LogP contribution in [0.4, 0.5) is 4.39 Å². The normalized spacial score (nSPS) is 10.8. The van der Waals surface area contributed by atoms with Crippen LogP contribution in [-0.4, -0.2) is 21.9 Å². The smallest absolute Gasteiger partial charge is 0.252 e. The summed E-state index contributed by atoms with van der Waals surface area (Å²) in [6, 6.07) is 8.79. The summed E-state index contributed by atoms with van der Waals surface area (Å²) in [6.45, 7) is 0. The number of amides is 2. The number of pyridine rings is 1. The Balaban J connectivity index is 2.14. The third-order valence-corrected chi connectivity index (χ3v) is 3.86. The molecule has 0 aliphatic heterocycles. The Bertz CT molecular complexity index is 1000. The summed E-state index contributed by atoms with van der Waals surface area (Å²) in [5.74, 6) is -2.39. The molecule has 0 fully saturated rings. The first-order valence-electron chi connectivity index (χ1n) is 7.35. The third kappa shape index (κ3) is 3.12. The first-order chi connectivity index (χ1) is 11.9. The molecular formula is C18H14FN3O3. The van der Waals surface area contributed by atoms with E-state index in [1.54, 1.807) is 18.2 Å². The van der Waals surface area contributed by atoms with E-state index in [4.69, 9.17) is 11.5 Å². The van der Waals surface area contributed by atoms with Crippen LogP contribution in [-0.2, 0) is 6.42 Å². The number of nitrogens with two attached hydrogens (primary N) is 2. The monoisotopic (exact) mass is 339 g/mol. The Morgan fingerprint density at radius 3 is 2.24 bits per heavy atom. The molecule has 6 nitrogen and oxygen atoms in total. The molecule has 3 aromatic rings. The zero-order chi connectivity index (χ0) is 18.1. The average Bonchev–Trinajstić information content (AvgIpc) is 2.56. The Labute approximate surface area is 141 Å². The molecule has 0 aliphatic carbocycles. The van der Waals surface area contributed by atoms with Gasteiger partial charge in [-0.2, -0.15) is 0 Å². The molecule has 7 heteroatoms. The maximum absolute atomic E-state index is 13.0. The summed E-state index contributed by atoms with van der Waals surface area (Å²) >= 11 is 0. The van der Waals surface area contributed by atoms with E-state index in [9.17, 15) is 19.1 Å². The van der Waals surface area contributed by atoms with Gasteiger partial charge in [0.15, 0.2) is 5.75 Å². The molecule has 1 heterocycles. The van der Waals surface area contributed by atoms with Crippen molar-refractivity contribution in [2.75, 3.05) is 0 Å². The highest BCUT2D eigenvalue weighted by atomic mass is 19.1. The molecule has 0 saturated heterocycles. The zero-order valence-electron chi connectivity index (χ0n) is 13.0. The molecule has 2 aromatic carbocycles. The molecule has 0 aliphatic rings. The highest BCUT2D eigenvalue weighted by molar-refractivity contribution is 6.11. The van der Waals surface area contributed by atoms with E-state index in [0.29, 0.717) is 11.8 Å². The molecular weight excluding hydrogens is 325 g/mol. The summed E-state index contributed by atoms with van der Waals surface area (Å²) < 4.78 is 13.0. The SMILES string of the molecule is NC(=O)c1cc(C(N)=O)c2cc(Cc3ccc(F)cc3)cnc2c1O. The van der Waals surface area contributed by atoms with Gasteiger partial charge >= 0.3 is 0 Å². The number of aromatic hydroxyl groups is 1. The van der Waals surface area contributed by atoms with Crippen molar-refractivity contribution in [3.63, 3.8) is 0 Å². The lowest BCUT2D eigenvalue weighted by molar-refractivity contribution is 0.0997. The second-order valence-corrected chi connectivity index (χ2v) is 5.59. The summed E-state index contributed by atoms with van der Waals surface area (Å²) in [5.41, 5.74) is 12.0. The number of hydrogen-bond donors (Lipinski definition) is 3. The molecule has 0 atom stereocenters. The number of carbonyl (C=O) groups is 2. The second-order valence-electron chi connectivity index (χ2n) is 5.59. The van der Waals surface area contributed by atoms with E-state index in [0.717, 1.165) is 17.2 Å². The summed E-state index contributed by atoms with van der Waals surface area (Å²) in [5, 5.41) is 10.5. The first-order valence-corrected chi connectivity index (χ1v) is 7.35. The molecule has 126 valence electrons. The molecule has 2 amide bonds. The average molecular weight is 339 g/mol. The topological polar surface area (TPSA) is 119 Å². The van der Waals surface area contributed by atoms with E-state index >= 15 is 0 Å². The minimum absolute atomic E-state index is 0.0371. The standard InChI is InChI=1S/C18H14FN3O3/c19-11-3-1-9(2-4-11)5-10-6-12-13(17(20)24)7-14(18(21)25)16(23)15(12)22-8-10/h1-4,6-8,23H,5H2,(H2,20,24)(H2,21,25). The minimum Gasteiger partial charge on any atom is -0.505 e. The highest BCUT2D eigenvalue weighted by Gasteiger charge is 2.19. The maximum Gasteiger partial charge on any atom is 0.252 e. The Kier molecular flexibility index (Phi) is 4.06. The Morgan fingerprint density at radius 1 is 1.00 bits per heavy atom.